The van der Waals surface area contributed by atoms with Crippen molar-refractivity contribution in [3.63, 3.8) is 0 Å². The van der Waals surface area contributed by atoms with Gasteiger partial charge in [-0.05, 0) is 50.1 Å². The Bertz CT molecular complexity index is 1490. The Morgan fingerprint density at radius 2 is 2.00 bits per heavy atom. The van der Waals surface area contributed by atoms with E-state index in [-0.39, 0.29) is 28.9 Å². The molecule has 0 radical (unpaired) electrons. The molecule has 218 valence electrons. The second-order valence-corrected chi connectivity index (χ2v) is 10.8. The van der Waals surface area contributed by atoms with Crippen LogP contribution in [0, 0.1) is 0 Å². The van der Waals surface area contributed by atoms with Crippen molar-refractivity contribution >= 4 is 30.0 Å². The van der Waals surface area contributed by atoms with Crippen LogP contribution in [0.4, 0.5) is 18.9 Å². The standard InChI is InChI=1S/C28H33F3N8O2/c1-7-19(35-26(32-5)36-21-15-33-39(6)22(21)28(29,30)31)17-12-13-18-16(14-17)10-8-9-11-20(18)34-24(40)23-37-25(41-38-23)27(2,3)4/h7,12-15,20H,5,8-11H2,1-4,6H3,(H,34,40)(H,35,36)/b19-7-/t20-/m1/s1. The molecule has 0 saturated heterocycles. The van der Waals surface area contributed by atoms with Crippen LogP contribution >= 0.6 is 0 Å². The molecule has 0 bridgehead atoms. The van der Waals surface area contributed by atoms with Crippen molar-refractivity contribution < 1.29 is 22.5 Å². The smallest absolute Gasteiger partial charge is 0.342 e. The lowest BCUT2D eigenvalue weighted by molar-refractivity contribution is -0.143. The summed E-state index contributed by atoms with van der Waals surface area (Å²) in [5, 5.41) is 13.2. The first-order valence-electron chi connectivity index (χ1n) is 13.2. The van der Waals surface area contributed by atoms with Crippen LogP contribution in [-0.2, 0) is 25.1 Å². The fraction of sp³-hybridized carbons (Fsp3) is 0.429. The minimum atomic E-state index is -4.62. The highest BCUT2D eigenvalue weighted by atomic mass is 19.4. The Hall–Kier alpha value is -4.29. The minimum Gasteiger partial charge on any atom is -0.342 e. The quantitative estimate of drug-likeness (QED) is 0.226. The summed E-state index contributed by atoms with van der Waals surface area (Å²) >= 11 is 0. The Kier molecular flexibility index (Phi) is 8.45. The maximum atomic E-state index is 13.5. The lowest BCUT2D eigenvalue weighted by Crippen LogP contribution is -2.29. The molecule has 1 aliphatic carbocycles. The van der Waals surface area contributed by atoms with Crippen molar-refractivity contribution in [2.45, 2.75) is 71.0 Å². The van der Waals surface area contributed by atoms with Crippen molar-refractivity contribution in [3.05, 3.63) is 64.6 Å². The molecule has 2 N–H and O–H groups in total. The van der Waals surface area contributed by atoms with Crippen molar-refractivity contribution in [1.82, 2.24) is 25.2 Å². The molecule has 0 fully saturated rings. The van der Waals surface area contributed by atoms with Crippen LogP contribution in [0.3, 0.4) is 0 Å². The second-order valence-electron chi connectivity index (χ2n) is 10.8. The van der Waals surface area contributed by atoms with Gasteiger partial charge in [0.15, 0.2) is 5.69 Å². The first kappa shape index (κ1) is 29.7. The van der Waals surface area contributed by atoms with Crippen LogP contribution in [0.2, 0.25) is 0 Å². The molecule has 41 heavy (non-hydrogen) atoms. The predicted molar refractivity (Wildman–Crippen MR) is 150 cm³/mol. The van der Waals surface area contributed by atoms with Gasteiger partial charge in [0.25, 0.3) is 11.7 Å². The SMILES string of the molecule is C=N/C(=N\C(=C/C)c1ccc2c(c1)CCCC[C@H]2NC(=O)c1noc(C(C)(C)C)n1)Nc1cnn(C)c1C(F)(F)F. The summed E-state index contributed by atoms with van der Waals surface area (Å²) in [4.78, 5) is 25.5. The lowest BCUT2D eigenvalue weighted by atomic mass is 9.95. The number of amides is 1. The van der Waals surface area contributed by atoms with Crippen LogP contribution in [0.1, 0.15) is 91.9 Å². The van der Waals surface area contributed by atoms with Crippen molar-refractivity contribution in [2.24, 2.45) is 17.0 Å². The third-order valence-corrected chi connectivity index (χ3v) is 6.68. The van der Waals surface area contributed by atoms with Gasteiger partial charge in [0.2, 0.25) is 11.9 Å². The van der Waals surface area contributed by atoms with Gasteiger partial charge in [-0.25, -0.2) is 9.98 Å². The highest BCUT2D eigenvalue weighted by molar-refractivity contribution is 6.00. The molecule has 0 aliphatic heterocycles. The molecular formula is C28H33F3N8O2. The maximum absolute atomic E-state index is 13.5. The van der Waals surface area contributed by atoms with Gasteiger partial charge in [0.1, 0.15) is 0 Å². The van der Waals surface area contributed by atoms with E-state index in [1.54, 1.807) is 13.0 Å². The van der Waals surface area contributed by atoms with E-state index in [1.165, 1.54) is 7.05 Å². The summed E-state index contributed by atoms with van der Waals surface area (Å²) in [5.74, 6) is -0.145. The fourth-order valence-electron chi connectivity index (χ4n) is 4.63. The number of nitrogens with one attached hydrogen (secondary N) is 2. The number of hydrogen-bond acceptors (Lipinski definition) is 6. The predicted octanol–water partition coefficient (Wildman–Crippen LogP) is 5.85. The molecule has 3 aromatic rings. The normalized spacial score (nSPS) is 16.6. The Labute approximate surface area is 235 Å². The first-order chi connectivity index (χ1) is 19.3. The number of halogens is 3. The first-order valence-corrected chi connectivity index (χ1v) is 13.2. The van der Waals surface area contributed by atoms with Crippen molar-refractivity contribution in [2.75, 3.05) is 5.32 Å². The van der Waals surface area contributed by atoms with Crippen LogP contribution < -0.4 is 10.6 Å². The monoisotopic (exact) mass is 570 g/mol. The van der Waals surface area contributed by atoms with Gasteiger partial charge < -0.3 is 15.2 Å². The average molecular weight is 571 g/mol. The molecule has 0 unspecified atom stereocenters. The Morgan fingerprint density at radius 3 is 2.63 bits per heavy atom. The van der Waals surface area contributed by atoms with Crippen molar-refractivity contribution in [1.29, 1.82) is 0 Å². The zero-order chi connectivity index (χ0) is 29.9. The number of rotatable bonds is 5. The number of carbonyl (C=O) groups is 1. The molecule has 0 saturated carbocycles. The Balaban J connectivity index is 1.58. The zero-order valence-corrected chi connectivity index (χ0v) is 23.6. The highest BCUT2D eigenvalue weighted by Crippen LogP contribution is 2.35. The largest absolute Gasteiger partial charge is 0.435 e. The molecule has 0 spiro atoms. The van der Waals surface area contributed by atoms with E-state index in [0.29, 0.717) is 11.6 Å². The van der Waals surface area contributed by atoms with Gasteiger partial charge in [-0.15, -0.1) is 0 Å². The molecule has 4 rings (SSSR count). The number of carbonyl (C=O) groups excluding carboxylic acids is 1. The van der Waals surface area contributed by atoms with E-state index >= 15 is 0 Å². The third-order valence-electron chi connectivity index (χ3n) is 6.68. The molecule has 1 atom stereocenters. The summed E-state index contributed by atoms with van der Waals surface area (Å²) in [7, 11) is 1.21. The molecule has 2 aromatic heterocycles. The molecule has 1 aliphatic rings. The summed E-state index contributed by atoms with van der Waals surface area (Å²) in [6, 6.07) is 5.53. The average Bonchev–Trinajstić information content (AvgIpc) is 3.50. The molecule has 13 heteroatoms. The van der Waals surface area contributed by atoms with Gasteiger partial charge >= 0.3 is 6.18 Å². The number of allylic oxidation sites excluding steroid dienone is 1. The van der Waals surface area contributed by atoms with E-state index in [0.717, 1.165) is 53.3 Å². The number of aryl methyl sites for hydroxylation is 2. The fourth-order valence-corrected chi connectivity index (χ4v) is 4.63. The number of aliphatic imine (C=N–C) groups is 2. The van der Waals surface area contributed by atoms with Crippen LogP contribution in [-0.4, -0.2) is 38.5 Å². The number of guanidine groups is 1. The molecule has 1 amide bonds. The summed E-state index contributed by atoms with van der Waals surface area (Å²) in [6.07, 6.45) is 1.56. The van der Waals surface area contributed by atoms with Gasteiger partial charge in [-0.1, -0.05) is 50.6 Å². The summed E-state index contributed by atoms with van der Waals surface area (Å²) in [5.41, 5.74) is 1.64. The van der Waals surface area contributed by atoms with E-state index in [2.05, 4.69) is 42.6 Å². The third kappa shape index (κ3) is 6.72. The number of anilines is 1. The lowest BCUT2D eigenvalue weighted by Gasteiger charge is -2.19. The van der Waals surface area contributed by atoms with Crippen molar-refractivity contribution in [3.8, 4) is 0 Å². The molecule has 1 aromatic carbocycles. The number of alkyl halides is 3. The number of nitrogens with zero attached hydrogens (tertiary/aromatic N) is 6. The maximum Gasteiger partial charge on any atom is 0.435 e. The second kappa shape index (κ2) is 11.7. The van der Waals surface area contributed by atoms with Gasteiger partial charge in [-0.2, -0.15) is 23.3 Å². The van der Waals surface area contributed by atoms with Gasteiger partial charge in [-0.3, -0.25) is 9.48 Å². The zero-order valence-electron chi connectivity index (χ0n) is 23.6. The van der Waals surface area contributed by atoms with E-state index in [9.17, 15) is 18.0 Å². The van der Waals surface area contributed by atoms with E-state index < -0.39 is 17.8 Å². The molecule has 2 heterocycles. The Morgan fingerprint density at radius 1 is 1.24 bits per heavy atom. The number of fused-ring (bicyclic) bond motifs is 1. The molecule has 10 nitrogen and oxygen atoms in total. The van der Waals surface area contributed by atoms with Crippen LogP contribution in [0.15, 0.2) is 45.0 Å². The summed E-state index contributed by atoms with van der Waals surface area (Å²) < 4.78 is 46.5. The highest BCUT2D eigenvalue weighted by Gasteiger charge is 2.38. The van der Waals surface area contributed by atoms with Gasteiger partial charge in [0.05, 0.1) is 23.6 Å². The minimum absolute atomic E-state index is 0.0119. The van der Waals surface area contributed by atoms with E-state index in [1.807, 2.05) is 39.0 Å². The molecular weight excluding hydrogens is 537 g/mol. The number of aromatic nitrogens is 4. The number of benzene rings is 1. The van der Waals surface area contributed by atoms with Gasteiger partial charge in [0, 0.05) is 18.0 Å². The topological polar surface area (TPSA) is 123 Å². The summed E-state index contributed by atoms with van der Waals surface area (Å²) in [6.45, 7) is 11.0. The van der Waals surface area contributed by atoms with Crippen LogP contribution in [0.25, 0.3) is 5.70 Å². The van der Waals surface area contributed by atoms with Crippen LogP contribution in [0.5, 0.6) is 0 Å². The van der Waals surface area contributed by atoms with E-state index in [4.69, 9.17) is 4.52 Å². The number of hydrogen-bond donors (Lipinski definition) is 2.